The molecule has 2 aromatic carbocycles. The van der Waals surface area contributed by atoms with Gasteiger partial charge >= 0.3 is 6.03 Å². The largest absolute Gasteiger partial charge is 0.329 e. The first-order chi connectivity index (χ1) is 15.8. The zero-order valence-electron chi connectivity index (χ0n) is 18.1. The van der Waals surface area contributed by atoms with Crippen LogP contribution < -0.4 is 10.9 Å². The highest BCUT2D eigenvalue weighted by molar-refractivity contribution is 6.42. The molecule has 2 N–H and O–H groups in total. The fraction of sp³-hybridized carbons (Fsp3) is 0.208. The minimum atomic E-state index is -0.523. The molecule has 0 aliphatic carbocycles. The van der Waals surface area contributed by atoms with Crippen molar-refractivity contribution in [2.75, 3.05) is 0 Å². The Hall–Kier alpha value is -3.29. The Morgan fingerprint density at radius 1 is 1.03 bits per heavy atom. The molecule has 4 rings (SSSR count). The monoisotopic (exact) mass is 484 g/mol. The molecule has 33 heavy (non-hydrogen) atoms. The van der Waals surface area contributed by atoms with Crippen LogP contribution in [0.3, 0.4) is 0 Å². The van der Waals surface area contributed by atoms with E-state index in [-0.39, 0.29) is 17.8 Å². The maximum Gasteiger partial charge on any atom is 0.329 e. The highest BCUT2D eigenvalue weighted by Gasteiger charge is 2.34. The van der Waals surface area contributed by atoms with Crippen molar-refractivity contribution in [3.63, 3.8) is 0 Å². The Bertz CT molecular complexity index is 1340. The molecule has 0 bridgehead atoms. The quantitative estimate of drug-likeness (QED) is 0.388. The minimum absolute atomic E-state index is 0.0578. The summed E-state index contributed by atoms with van der Waals surface area (Å²) < 4.78 is 1.35. The van der Waals surface area contributed by atoms with Crippen LogP contribution in [0.25, 0.3) is 11.8 Å². The third kappa shape index (κ3) is 4.60. The van der Waals surface area contributed by atoms with Gasteiger partial charge in [0, 0.05) is 5.69 Å². The standard InChI is InChI=1S/C24H22Cl2N4O3/c1-3-5-20-17(22(31)30(28-20)16-8-9-18(25)19(26)11-16)12-21-23(32)29(24(33)27-21)13-15-7-4-6-14(2)10-15/h4,6-12,28H,3,5,13H2,1-2H3,(H,27,33)/b21-12-. The van der Waals surface area contributed by atoms with Crippen LogP contribution in [0.4, 0.5) is 4.79 Å². The van der Waals surface area contributed by atoms with Gasteiger partial charge in [-0.2, -0.15) is 0 Å². The van der Waals surface area contributed by atoms with Crippen molar-refractivity contribution >= 4 is 41.2 Å². The number of imide groups is 1. The summed E-state index contributed by atoms with van der Waals surface area (Å²) in [5.41, 5.74) is 3.05. The molecule has 0 spiro atoms. The first-order valence-electron chi connectivity index (χ1n) is 10.5. The molecular weight excluding hydrogens is 463 g/mol. The number of aryl methyl sites for hydroxylation is 2. The van der Waals surface area contributed by atoms with Crippen molar-refractivity contribution in [3.8, 4) is 5.69 Å². The van der Waals surface area contributed by atoms with E-state index < -0.39 is 11.9 Å². The molecule has 1 saturated heterocycles. The lowest BCUT2D eigenvalue weighted by atomic mass is 10.1. The maximum absolute atomic E-state index is 13.2. The van der Waals surface area contributed by atoms with Gasteiger partial charge < -0.3 is 5.32 Å². The molecule has 2 heterocycles. The maximum atomic E-state index is 13.2. The molecule has 0 unspecified atom stereocenters. The number of carbonyl (C=O) groups is 2. The summed E-state index contributed by atoms with van der Waals surface area (Å²) in [7, 11) is 0. The van der Waals surface area contributed by atoms with Gasteiger partial charge in [-0.3, -0.25) is 19.6 Å². The Kier molecular flexibility index (Phi) is 6.44. The van der Waals surface area contributed by atoms with Crippen molar-refractivity contribution < 1.29 is 9.59 Å². The summed E-state index contributed by atoms with van der Waals surface area (Å²) >= 11 is 12.1. The topological polar surface area (TPSA) is 87.2 Å². The molecule has 1 aliphatic heterocycles. The second kappa shape index (κ2) is 9.29. The molecule has 9 heteroatoms. The Labute approximate surface area is 200 Å². The third-order valence-corrected chi connectivity index (χ3v) is 6.08. The number of rotatable bonds is 6. The van der Waals surface area contributed by atoms with E-state index in [1.165, 1.54) is 10.8 Å². The van der Waals surface area contributed by atoms with E-state index in [0.717, 1.165) is 22.4 Å². The third-order valence-electron chi connectivity index (χ3n) is 5.34. The van der Waals surface area contributed by atoms with Crippen LogP contribution in [0.2, 0.25) is 10.0 Å². The van der Waals surface area contributed by atoms with Crippen LogP contribution in [0.1, 0.15) is 35.7 Å². The van der Waals surface area contributed by atoms with Crippen molar-refractivity contribution in [1.29, 1.82) is 0 Å². The number of amides is 3. The lowest BCUT2D eigenvalue weighted by Crippen LogP contribution is -2.30. The number of H-pyrrole nitrogens is 1. The molecule has 1 aliphatic rings. The highest BCUT2D eigenvalue weighted by Crippen LogP contribution is 2.24. The van der Waals surface area contributed by atoms with Gasteiger partial charge in [0.1, 0.15) is 5.70 Å². The van der Waals surface area contributed by atoms with Gasteiger partial charge in [-0.25, -0.2) is 9.48 Å². The van der Waals surface area contributed by atoms with Crippen molar-refractivity contribution in [1.82, 2.24) is 20.0 Å². The first kappa shape index (κ1) is 22.9. The number of hydrogen-bond donors (Lipinski definition) is 2. The molecule has 0 saturated carbocycles. The molecule has 0 atom stereocenters. The molecule has 3 amide bonds. The van der Waals surface area contributed by atoms with E-state index in [1.807, 2.05) is 38.1 Å². The smallest absolute Gasteiger partial charge is 0.303 e. The van der Waals surface area contributed by atoms with E-state index in [4.69, 9.17) is 23.2 Å². The molecule has 0 radical (unpaired) electrons. The lowest BCUT2D eigenvalue weighted by molar-refractivity contribution is -0.123. The van der Waals surface area contributed by atoms with Crippen LogP contribution in [-0.2, 0) is 17.8 Å². The van der Waals surface area contributed by atoms with E-state index in [9.17, 15) is 14.4 Å². The zero-order valence-corrected chi connectivity index (χ0v) is 19.6. The van der Waals surface area contributed by atoms with E-state index in [1.54, 1.807) is 18.2 Å². The van der Waals surface area contributed by atoms with Gasteiger partial charge in [0.2, 0.25) is 0 Å². The number of nitrogens with zero attached hydrogens (tertiary/aromatic N) is 2. The summed E-state index contributed by atoms with van der Waals surface area (Å²) in [6, 6.07) is 11.9. The Morgan fingerprint density at radius 3 is 2.52 bits per heavy atom. The van der Waals surface area contributed by atoms with Crippen molar-refractivity contribution in [2.45, 2.75) is 33.2 Å². The van der Waals surface area contributed by atoms with Gasteiger partial charge in [0.15, 0.2) is 0 Å². The average molecular weight is 485 g/mol. The number of benzene rings is 2. The predicted octanol–water partition coefficient (Wildman–Crippen LogP) is 4.83. The van der Waals surface area contributed by atoms with E-state index in [2.05, 4.69) is 10.4 Å². The van der Waals surface area contributed by atoms with Crippen LogP contribution >= 0.6 is 23.2 Å². The number of halogens is 2. The zero-order chi connectivity index (χ0) is 23.7. The summed E-state index contributed by atoms with van der Waals surface area (Å²) in [6.45, 7) is 4.07. The second-order valence-electron chi connectivity index (χ2n) is 7.86. The first-order valence-corrected chi connectivity index (χ1v) is 11.2. The van der Waals surface area contributed by atoms with Gasteiger partial charge in [0.25, 0.3) is 11.5 Å². The summed E-state index contributed by atoms with van der Waals surface area (Å²) in [5, 5.41) is 6.38. The summed E-state index contributed by atoms with van der Waals surface area (Å²) in [6.07, 6.45) is 2.80. The van der Waals surface area contributed by atoms with Crippen molar-refractivity contribution in [3.05, 3.63) is 90.9 Å². The van der Waals surface area contributed by atoms with Crippen LogP contribution in [0, 0.1) is 6.92 Å². The molecule has 1 fully saturated rings. The van der Waals surface area contributed by atoms with Gasteiger partial charge in [-0.1, -0.05) is 66.4 Å². The SMILES string of the molecule is CCCc1[nH]n(-c2ccc(Cl)c(Cl)c2)c(=O)c1/C=C1\NC(=O)N(Cc2cccc(C)c2)C1=O. The Morgan fingerprint density at radius 2 is 1.82 bits per heavy atom. The normalized spacial score (nSPS) is 14.9. The van der Waals surface area contributed by atoms with Crippen LogP contribution in [0.5, 0.6) is 0 Å². The van der Waals surface area contributed by atoms with E-state index >= 15 is 0 Å². The fourth-order valence-electron chi connectivity index (χ4n) is 3.74. The predicted molar refractivity (Wildman–Crippen MR) is 129 cm³/mol. The van der Waals surface area contributed by atoms with Crippen LogP contribution in [-0.4, -0.2) is 26.6 Å². The number of nitrogens with one attached hydrogen (secondary N) is 2. The fourth-order valence-corrected chi connectivity index (χ4v) is 4.04. The molecule has 1 aromatic heterocycles. The van der Waals surface area contributed by atoms with Gasteiger partial charge in [-0.05, 0) is 43.2 Å². The molecular formula is C24H22Cl2N4O3. The van der Waals surface area contributed by atoms with Crippen molar-refractivity contribution in [2.24, 2.45) is 0 Å². The minimum Gasteiger partial charge on any atom is -0.303 e. The van der Waals surface area contributed by atoms with Crippen LogP contribution in [0.15, 0.2) is 53.0 Å². The van der Waals surface area contributed by atoms with Gasteiger partial charge in [0.05, 0.1) is 27.8 Å². The second-order valence-corrected chi connectivity index (χ2v) is 8.68. The number of carbonyl (C=O) groups excluding carboxylic acids is 2. The van der Waals surface area contributed by atoms with Gasteiger partial charge in [-0.15, -0.1) is 0 Å². The number of aromatic nitrogens is 2. The average Bonchev–Trinajstić information content (AvgIpc) is 3.22. The number of aromatic amines is 1. The number of hydrogen-bond acceptors (Lipinski definition) is 3. The van der Waals surface area contributed by atoms with E-state index in [0.29, 0.717) is 33.4 Å². The lowest BCUT2D eigenvalue weighted by Gasteiger charge is -2.12. The Balaban J connectivity index is 1.70. The molecule has 3 aromatic rings. The molecule has 170 valence electrons. The summed E-state index contributed by atoms with van der Waals surface area (Å²) in [4.78, 5) is 39.8. The number of urea groups is 1. The summed E-state index contributed by atoms with van der Waals surface area (Å²) in [5.74, 6) is -0.481. The molecule has 7 nitrogen and oxygen atoms in total. The highest BCUT2D eigenvalue weighted by atomic mass is 35.5.